The number of thiazole rings is 1. The average Bonchev–Trinajstić information content (AvgIpc) is 2.97. The third-order valence-corrected chi connectivity index (χ3v) is 6.01. The zero-order valence-electron chi connectivity index (χ0n) is 11.5. The molecule has 0 saturated heterocycles. The Bertz CT molecular complexity index is 533. The van der Waals surface area contributed by atoms with Gasteiger partial charge < -0.3 is 5.32 Å². The molecule has 0 aromatic carbocycles. The molecule has 0 amide bonds. The molecule has 0 aliphatic heterocycles. The van der Waals surface area contributed by atoms with Gasteiger partial charge in [-0.3, -0.25) is 0 Å². The minimum atomic E-state index is 0.221. The van der Waals surface area contributed by atoms with E-state index >= 15 is 0 Å². The summed E-state index contributed by atoms with van der Waals surface area (Å²) in [5.41, 5.74) is 1.23. The van der Waals surface area contributed by atoms with Crippen LogP contribution in [0.15, 0.2) is 15.9 Å². The van der Waals surface area contributed by atoms with Crippen molar-refractivity contribution in [1.82, 2.24) is 10.3 Å². The smallest absolute Gasteiger partial charge is 0.116 e. The number of thiophene rings is 1. The van der Waals surface area contributed by atoms with Crippen LogP contribution in [-0.2, 0) is 6.42 Å². The summed E-state index contributed by atoms with van der Waals surface area (Å²) in [6.07, 6.45) is 2.14. The molecule has 1 unspecified atom stereocenters. The molecule has 0 bridgehead atoms. The fourth-order valence-electron chi connectivity index (χ4n) is 1.99. The van der Waals surface area contributed by atoms with Gasteiger partial charge in [-0.25, -0.2) is 4.98 Å². The van der Waals surface area contributed by atoms with Gasteiger partial charge in [-0.1, -0.05) is 13.8 Å². The maximum Gasteiger partial charge on any atom is 0.116 e. The van der Waals surface area contributed by atoms with Gasteiger partial charge in [-0.2, -0.15) is 0 Å². The summed E-state index contributed by atoms with van der Waals surface area (Å²) in [5.74, 6) is 0. The second-order valence-corrected chi connectivity index (χ2v) is 7.47. The second kappa shape index (κ2) is 6.97. The van der Waals surface area contributed by atoms with E-state index in [2.05, 4.69) is 53.5 Å². The number of rotatable bonds is 6. The molecule has 2 heterocycles. The predicted molar refractivity (Wildman–Crippen MR) is 88.4 cm³/mol. The lowest BCUT2D eigenvalue weighted by molar-refractivity contribution is 0.600. The summed E-state index contributed by atoms with van der Waals surface area (Å²) in [5, 5.41) is 6.93. The molecule has 2 rings (SSSR count). The Kier molecular flexibility index (Phi) is 5.57. The first kappa shape index (κ1) is 15.2. The summed E-state index contributed by atoms with van der Waals surface area (Å²) in [6, 6.07) is 2.33. The zero-order valence-corrected chi connectivity index (χ0v) is 14.7. The standard InChI is InChI=1S/C14H19BrN2S2/c1-4-7-16-12(13-10(15)6-8-18-13)14-17-11(5-2)9(3)19-14/h6,8,12,16H,4-5,7H2,1-3H3. The summed E-state index contributed by atoms with van der Waals surface area (Å²) < 4.78 is 1.18. The highest BCUT2D eigenvalue weighted by Crippen LogP contribution is 2.35. The van der Waals surface area contributed by atoms with Gasteiger partial charge in [0.05, 0.1) is 11.7 Å². The van der Waals surface area contributed by atoms with E-state index in [0.717, 1.165) is 19.4 Å². The number of nitrogens with zero attached hydrogens (tertiary/aromatic N) is 1. The topological polar surface area (TPSA) is 24.9 Å². The molecule has 1 N–H and O–H groups in total. The van der Waals surface area contributed by atoms with Gasteiger partial charge in [-0.15, -0.1) is 22.7 Å². The van der Waals surface area contributed by atoms with Crippen molar-refractivity contribution in [3.63, 3.8) is 0 Å². The minimum absolute atomic E-state index is 0.221. The summed E-state index contributed by atoms with van der Waals surface area (Å²) in [4.78, 5) is 7.49. The Hall–Kier alpha value is -0.230. The van der Waals surface area contributed by atoms with Gasteiger partial charge in [-0.05, 0) is 53.7 Å². The number of hydrogen-bond donors (Lipinski definition) is 1. The first-order valence-electron chi connectivity index (χ1n) is 6.59. The molecule has 0 aliphatic rings. The first-order chi connectivity index (χ1) is 9.17. The fourth-order valence-corrected chi connectivity index (χ4v) is 4.84. The number of halogens is 1. The van der Waals surface area contributed by atoms with Crippen LogP contribution in [0.4, 0.5) is 0 Å². The van der Waals surface area contributed by atoms with Gasteiger partial charge in [0.25, 0.3) is 0 Å². The number of nitrogens with one attached hydrogen (secondary N) is 1. The first-order valence-corrected chi connectivity index (χ1v) is 9.08. The quantitative estimate of drug-likeness (QED) is 0.791. The molecule has 0 fully saturated rings. The average molecular weight is 359 g/mol. The van der Waals surface area contributed by atoms with Crippen LogP contribution in [0.3, 0.4) is 0 Å². The molecular weight excluding hydrogens is 340 g/mol. The van der Waals surface area contributed by atoms with Crippen LogP contribution in [0.1, 0.15) is 46.8 Å². The SMILES string of the molecule is CCCNC(c1nc(CC)c(C)s1)c1sccc1Br. The number of aromatic nitrogens is 1. The lowest BCUT2D eigenvalue weighted by atomic mass is 10.2. The Morgan fingerprint density at radius 1 is 1.42 bits per heavy atom. The van der Waals surface area contributed by atoms with Crippen molar-refractivity contribution >= 4 is 38.6 Å². The summed E-state index contributed by atoms with van der Waals surface area (Å²) in [6.45, 7) is 7.54. The Labute approximate surface area is 131 Å². The number of hydrogen-bond acceptors (Lipinski definition) is 4. The third kappa shape index (κ3) is 3.45. The zero-order chi connectivity index (χ0) is 13.8. The maximum atomic E-state index is 4.82. The molecule has 0 saturated carbocycles. The Morgan fingerprint density at radius 2 is 2.21 bits per heavy atom. The molecule has 19 heavy (non-hydrogen) atoms. The summed E-state index contributed by atoms with van der Waals surface area (Å²) in [7, 11) is 0. The highest BCUT2D eigenvalue weighted by atomic mass is 79.9. The van der Waals surface area contributed by atoms with Crippen molar-refractivity contribution in [1.29, 1.82) is 0 Å². The molecular formula is C14H19BrN2S2. The van der Waals surface area contributed by atoms with Crippen molar-refractivity contribution in [3.8, 4) is 0 Å². The van der Waals surface area contributed by atoms with Gasteiger partial charge in [0, 0.05) is 14.2 Å². The molecule has 2 aromatic rings. The van der Waals surface area contributed by atoms with Crippen molar-refractivity contribution < 1.29 is 0 Å². The molecule has 104 valence electrons. The maximum absolute atomic E-state index is 4.82. The van der Waals surface area contributed by atoms with Crippen LogP contribution in [-0.4, -0.2) is 11.5 Å². The number of aryl methyl sites for hydroxylation is 2. The van der Waals surface area contributed by atoms with Gasteiger partial charge in [0.1, 0.15) is 5.01 Å². The fraction of sp³-hybridized carbons (Fsp3) is 0.500. The van der Waals surface area contributed by atoms with E-state index in [1.165, 1.54) is 24.9 Å². The summed E-state index contributed by atoms with van der Waals surface area (Å²) >= 11 is 7.25. The molecule has 5 heteroatoms. The van der Waals surface area contributed by atoms with Crippen molar-refractivity contribution in [3.05, 3.63) is 36.4 Å². The van der Waals surface area contributed by atoms with Gasteiger partial charge in [0.2, 0.25) is 0 Å². The van der Waals surface area contributed by atoms with Gasteiger partial charge >= 0.3 is 0 Å². The van der Waals surface area contributed by atoms with Crippen LogP contribution in [0.25, 0.3) is 0 Å². The van der Waals surface area contributed by atoms with E-state index in [-0.39, 0.29) is 6.04 Å². The van der Waals surface area contributed by atoms with Crippen molar-refractivity contribution in [2.75, 3.05) is 6.54 Å². The van der Waals surface area contributed by atoms with Crippen molar-refractivity contribution in [2.45, 2.75) is 39.7 Å². The molecule has 1 atom stereocenters. The Morgan fingerprint density at radius 3 is 2.74 bits per heavy atom. The highest BCUT2D eigenvalue weighted by Gasteiger charge is 2.21. The van der Waals surface area contributed by atoms with E-state index in [9.17, 15) is 0 Å². The van der Waals surface area contributed by atoms with Crippen molar-refractivity contribution in [2.24, 2.45) is 0 Å². The molecule has 2 nitrogen and oxygen atoms in total. The normalized spacial score (nSPS) is 12.8. The van der Waals surface area contributed by atoms with Gasteiger partial charge in [0.15, 0.2) is 0 Å². The molecule has 0 spiro atoms. The van der Waals surface area contributed by atoms with E-state index in [0.29, 0.717) is 0 Å². The lowest BCUT2D eigenvalue weighted by Crippen LogP contribution is -2.22. The van der Waals surface area contributed by atoms with Crippen LogP contribution in [0.5, 0.6) is 0 Å². The second-order valence-electron chi connectivity index (χ2n) is 4.43. The molecule has 2 aromatic heterocycles. The lowest BCUT2D eigenvalue weighted by Gasteiger charge is -2.15. The molecule has 0 aliphatic carbocycles. The van der Waals surface area contributed by atoms with Crippen LogP contribution in [0.2, 0.25) is 0 Å². The van der Waals surface area contributed by atoms with E-state index < -0.39 is 0 Å². The van der Waals surface area contributed by atoms with E-state index in [1.54, 1.807) is 11.3 Å². The van der Waals surface area contributed by atoms with E-state index in [4.69, 9.17) is 4.98 Å². The van der Waals surface area contributed by atoms with E-state index in [1.807, 2.05) is 11.3 Å². The third-order valence-electron chi connectivity index (χ3n) is 3.00. The largest absolute Gasteiger partial charge is 0.304 e. The van der Waals surface area contributed by atoms with Crippen LogP contribution in [0, 0.1) is 6.92 Å². The predicted octanol–water partition coefficient (Wildman–Crippen LogP) is 4.93. The monoisotopic (exact) mass is 358 g/mol. The Balaban J connectivity index is 2.34. The molecule has 0 radical (unpaired) electrons. The van der Waals surface area contributed by atoms with Crippen LogP contribution >= 0.6 is 38.6 Å². The van der Waals surface area contributed by atoms with Crippen LogP contribution < -0.4 is 5.32 Å². The minimum Gasteiger partial charge on any atom is -0.304 e. The highest BCUT2D eigenvalue weighted by molar-refractivity contribution is 9.10.